The van der Waals surface area contributed by atoms with Crippen molar-refractivity contribution in [2.24, 2.45) is 0 Å². The summed E-state index contributed by atoms with van der Waals surface area (Å²) in [4.78, 5) is 1.34. The molecule has 1 N–H and O–H groups in total. The van der Waals surface area contributed by atoms with E-state index in [4.69, 9.17) is 9.47 Å². The number of nitrogens with one attached hydrogen (secondary N) is 1. The van der Waals surface area contributed by atoms with Crippen molar-refractivity contribution in [3.05, 3.63) is 46.2 Å². The maximum atomic E-state index is 5.35. The highest BCUT2D eigenvalue weighted by Gasteiger charge is 2.14. The van der Waals surface area contributed by atoms with Crippen LogP contribution >= 0.6 is 11.3 Å². The van der Waals surface area contributed by atoms with Crippen molar-refractivity contribution >= 4 is 11.3 Å². The number of rotatable bonds is 6. The fourth-order valence-electron chi connectivity index (χ4n) is 2.21. The molecule has 0 bridgehead atoms. The molecule has 0 saturated heterocycles. The molecule has 20 heavy (non-hydrogen) atoms. The average Bonchev–Trinajstić information content (AvgIpc) is 3.00. The van der Waals surface area contributed by atoms with E-state index < -0.39 is 0 Å². The molecule has 0 aliphatic heterocycles. The molecule has 1 heterocycles. The van der Waals surface area contributed by atoms with Crippen LogP contribution in [0.3, 0.4) is 0 Å². The van der Waals surface area contributed by atoms with Gasteiger partial charge in [0.05, 0.1) is 14.2 Å². The van der Waals surface area contributed by atoms with Gasteiger partial charge in [-0.3, -0.25) is 0 Å². The Kier molecular flexibility index (Phi) is 5.04. The summed E-state index contributed by atoms with van der Waals surface area (Å²) in [6.45, 7) is 4.34. The molecule has 1 aromatic heterocycles. The van der Waals surface area contributed by atoms with E-state index in [1.807, 2.05) is 12.1 Å². The summed E-state index contributed by atoms with van der Waals surface area (Å²) in [5.74, 6) is 1.53. The molecule has 1 unspecified atom stereocenters. The summed E-state index contributed by atoms with van der Waals surface area (Å²) in [5.41, 5.74) is 1.19. The third-order valence-corrected chi connectivity index (χ3v) is 4.43. The number of benzene rings is 1. The van der Waals surface area contributed by atoms with E-state index in [1.54, 1.807) is 25.6 Å². The first-order valence-electron chi connectivity index (χ1n) is 6.67. The summed E-state index contributed by atoms with van der Waals surface area (Å²) < 4.78 is 10.6. The van der Waals surface area contributed by atoms with Gasteiger partial charge >= 0.3 is 0 Å². The van der Waals surface area contributed by atoms with Crippen molar-refractivity contribution in [1.29, 1.82) is 0 Å². The SMILES string of the molecule is COc1ccc(C(C)N[C@H](C)c2cccs2)cc1OC. The van der Waals surface area contributed by atoms with Crippen LogP contribution in [-0.2, 0) is 0 Å². The minimum Gasteiger partial charge on any atom is -0.493 e. The molecule has 2 aromatic rings. The van der Waals surface area contributed by atoms with Crippen LogP contribution < -0.4 is 14.8 Å². The lowest BCUT2D eigenvalue weighted by Gasteiger charge is -2.20. The molecular weight excluding hydrogens is 270 g/mol. The van der Waals surface area contributed by atoms with Gasteiger partial charge in [0.25, 0.3) is 0 Å². The minimum absolute atomic E-state index is 0.243. The van der Waals surface area contributed by atoms with Gasteiger partial charge in [0, 0.05) is 17.0 Å². The lowest BCUT2D eigenvalue weighted by molar-refractivity contribution is 0.353. The second kappa shape index (κ2) is 6.77. The lowest BCUT2D eigenvalue weighted by Crippen LogP contribution is -2.21. The molecule has 0 saturated carbocycles. The van der Waals surface area contributed by atoms with Crippen molar-refractivity contribution < 1.29 is 9.47 Å². The van der Waals surface area contributed by atoms with Crippen LogP contribution in [0.4, 0.5) is 0 Å². The predicted octanol–water partition coefficient (Wildman–Crippen LogP) is 4.18. The molecule has 0 radical (unpaired) electrons. The van der Waals surface area contributed by atoms with E-state index in [2.05, 4.69) is 42.7 Å². The van der Waals surface area contributed by atoms with E-state index in [1.165, 1.54) is 10.4 Å². The van der Waals surface area contributed by atoms with Gasteiger partial charge in [-0.1, -0.05) is 12.1 Å². The van der Waals surface area contributed by atoms with Crippen LogP contribution in [0.5, 0.6) is 11.5 Å². The molecule has 2 rings (SSSR count). The molecule has 0 fully saturated rings. The fourth-order valence-corrected chi connectivity index (χ4v) is 2.96. The highest BCUT2D eigenvalue weighted by molar-refractivity contribution is 7.10. The van der Waals surface area contributed by atoms with Gasteiger partial charge in [0.2, 0.25) is 0 Å². The van der Waals surface area contributed by atoms with Gasteiger partial charge in [-0.2, -0.15) is 0 Å². The number of hydrogen-bond acceptors (Lipinski definition) is 4. The molecule has 0 aliphatic carbocycles. The first kappa shape index (κ1) is 14.9. The van der Waals surface area contributed by atoms with Gasteiger partial charge in [0.15, 0.2) is 11.5 Å². The van der Waals surface area contributed by atoms with E-state index in [0.717, 1.165) is 11.5 Å². The molecule has 0 aliphatic rings. The Balaban J connectivity index is 2.11. The Morgan fingerprint density at radius 2 is 1.75 bits per heavy atom. The van der Waals surface area contributed by atoms with Crippen LogP contribution in [0, 0.1) is 0 Å². The first-order valence-corrected chi connectivity index (χ1v) is 7.55. The zero-order valence-corrected chi connectivity index (χ0v) is 13.2. The van der Waals surface area contributed by atoms with Crippen molar-refractivity contribution in [1.82, 2.24) is 5.32 Å². The van der Waals surface area contributed by atoms with Gasteiger partial charge < -0.3 is 14.8 Å². The van der Waals surface area contributed by atoms with Crippen molar-refractivity contribution in [2.45, 2.75) is 25.9 Å². The van der Waals surface area contributed by atoms with Crippen LogP contribution in [0.1, 0.15) is 36.4 Å². The van der Waals surface area contributed by atoms with Crippen molar-refractivity contribution in [3.8, 4) is 11.5 Å². The average molecular weight is 291 g/mol. The monoisotopic (exact) mass is 291 g/mol. The third kappa shape index (κ3) is 3.32. The zero-order valence-electron chi connectivity index (χ0n) is 12.3. The minimum atomic E-state index is 0.243. The number of hydrogen-bond donors (Lipinski definition) is 1. The normalized spacial score (nSPS) is 13.8. The quantitative estimate of drug-likeness (QED) is 0.866. The third-order valence-electron chi connectivity index (χ3n) is 3.38. The number of thiophene rings is 1. The molecular formula is C16H21NO2S. The number of ether oxygens (including phenoxy) is 2. The molecule has 4 heteroatoms. The molecule has 2 atom stereocenters. The zero-order chi connectivity index (χ0) is 14.5. The summed E-state index contributed by atoms with van der Waals surface area (Å²) in [7, 11) is 3.31. The lowest BCUT2D eigenvalue weighted by atomic mass is 10.1. The van der Waals surface area contributed by atoms with Crippen LogP contribution in [0.25, 0.3) is 0 Å². The maximum Gasteiger partial charge on any atom is 0.161 e. The fraction of sp³-hybridized carbons (Fsp3) is 0.375. The standard InChI is InChI=1S/C16H21NO2S/c1-11(17-12(2)16-6-5-9-20-16)13-7-8-14(18-3)15(10-13)19-4/h5-12,17H,1-4H3/t11?,12-/m1/s1. The maximum absolute atomic E-state index is 5.35. The predicted molar refractivity (Wildman–Crippen MR) is 83.8 cm³/mol. The summed E-state index contributed by atoms with van der Waals surface area (Å²) in [5, 5.41) is 5.71. The Labute approximate surface area is 124 Å². The Morgan fingerprint density at radius 3 is 2.35 bits per heavy atom. The van der Waals surface area contributed by atoms with Crippen LogP contribution in [-0.4, -0.2) is 14.2 Å². The number of methoxy groups -OCH3 is 2. The van der Waals surface area contributed by atoms with E-state index in [-0.39, 0.29) is 6.04 Å². The van der Waals surface area contributed by atoms with Crippen molar-refractivity contribution in [3.63, 3.8) is 0 Å². The Bertz CT molecular complexity index is 539. The van der Waals surface area contributed by atoms with Crippen LogP contribution in [0.15, 0.2) is 35.7 Å². The smallest absolute Gasteiger partial charge is 0.161 e. The Hall–Kier alpha value is -1.52. The first-order chi connectivity index (χ1) is 9.65. The highest BCUT2D eigenvalue weighted by Crippen LogP contribution is 2.31. The molecule has 0 spiro atoms. The molecule has 3 nitrogen and oxygen atoms in total. The second-order valence-electron chi connectivity index (χ2n) is 4.74. The van der Waals surface area contributed by atoms with E-state index in [9.17, 15) is 0 Å². The van der Waals surface area contributed by atoms with E-state index >= 15 is 0 Å². The van der Waals surface area contributed by atoms with Gasteiger partial charge in [-0.05, 0) is 43.0 Å². The van der Waals surface area contributed by atoms with E-state index in [0.29, 0.717) is 6.04 Å². The van der Waals surface area contributed by atoms with Gasteiger partial charge in [0.1, 0.15) is 0 Å². The largest absolute Gasteiger partial charge is 0.493 e. The summed E-state index contributed by atoms with van der Waals surface area (Å²) in [6.07, 6.45) is 0. The highest BCUT2D eigenvalue weighted by atomic mass is 32.1. The molecule has 108 valence electrons. The van der Waals surface area contributed by atoms with Crippen molar-refractivity contribution in [2.75, 3.05) is 14.2 Å². The topological polar surface area (TPSA) is 30.5 Å². The second-order valence-corrected chi connectivity index (χ2v) is 5.72. The molecule has 1 aromatic carbocycles. The summed E-state index contributed by atoms with van der Waals surface area (Å²) in [6, 6.07) is 10.9. The molecule has 0 amide bonds. The van der Waals surface area contributed by atoms with Gasteiger partial charge in [-0.15, -0.1) is 11.3 Å². The summed E-state index contributed by atoms with van der Waals surface area (Å²) >= 11 is 1.77. The Morgan fingerprint density at radius 1 is 1.00 bits per heavy atom. The van der Waals surface area contributed by atoms with Crippen LogP contribution in [0.2, 0.25) is 0 Å². The van der Waals surface area contributed by atoms with Gasteiger partial charge in [-0.25, -0.2) is 0 Å².